The van der Waals surface area contributed by atoms with Gasteiger partial charge in [0.05, 0.1) is 11.3 Å². The predicted octanol–water partition coefficient (Wildman–Crippen LogP) is 2.57. The number of rotatable bonds is 1. The zero-order chi connectivity index (χ0) is 10.8. The van der Waals surface area contributed by atoms with Crippen molar-refractivity contribution in [3.8, 4) is 22.9 Å². The van der Waals surface area contributed by atoms with Crippen LogP contribution in [-0.2, 0) is 0 Å². The highest BCUT2D eigenvalue weighted by Gasteiger charge is 2.07. The van der Waals surface area contributed by atoms with E-state index in [-0.39, 0.29) is 5.75 Å². The van der Waals surface area contributed by atoms with Crippen molar-refractivity contribution in [3.63, 3.8) is 0 Å². The quantitative estimate of drug-likeness (QED) is 0.568. The maximum atomic E-state index is 9.46. The summed E-state index contributed by atoms with van der Waals surface area (Å²) < 4.78 is 0. The minimum atomic E-state index is 0.0441. The van der Waals surface area contributed by atoms with E-state index in [0.29, 0.717) is 11.3 Å². The Hall–Kier alpha value is -1.99. The molecule has 74 valence electrons. The highest BCUT2D eigenvalue weighted by Crippen LogP contribution is 2.31. The van der Waals surface area contributed by atoms with Gasteiger partial charge in [-0.3, -0.25) is 0 Å². The molecule has 2 rings (SSSR count). The maximum absolute atomic E-state index is 9.46. The second-order valence-electron chi connectivity index (χ2n) is 3.08. The molecule has 0 unspecified atom stereocenters. The van der Waals surface area contributed by atoms with E-state index in [9.17, 15) is 5.11 Å². The molecule has 3 nitrogen and oxygen atoms in total. The molecule has 0 saturated heterocycles. The van der Waals surface area contributed by atoms with E-state index in [1.807, 2.05) is 5.38 Å². The van der Waals surface area contributed by atoms with Crippen molar-refractivity contribution in [2.24, 2.45) is 0 Å². The summed E-state index contributed by atoms with van der Waals surface area (Å²) in [6, 6.07) is 7.09. The minimum Gasteiger partial charge on any atom is -0.506 e. The van der Waals surface area contributed by atoms with E-state index in [4.69, 9.17) is 11.0 Å². The molecule has 0 aliphatic heterocycles. The molecule has 2 aromatic rings. The molecule has 0 radical (unpaired) electrons. The summed E-state index contributed by atoms with van der Waals surface area (Å²) in [5, 5.41) is 22.0. The van der Waals surface area contributed by atoms with Gasteiger partial charge in [0, 0.05) is 10.9 Å². The Labute approximate surface area is 91.0 Å². The molecule has 0 fully saturated rings. The van der Waals surface area contributed by atoms with Gasteiger partial charge in [-0.25, -0.2) is 0 Å². The number of phenolic OH excluding ortho intramolecular Hbond substituents is 1. The van der Waals surface area contributed by atoms with Crippen LogP contribution < -0.4 is 5.73 Å². The summed E-state index contributed by atoms with van der Waals surface area (Å²) in [5.74, 6) is 0.0441. The molecular weight excluding hydrogens is 208 g/mol. The predicted molar refractivity (Wildman–Crippen MR) is 60.5 cm³/mol. The zero-order valence-electron chi connectivity index (χ0n) is 7.77. The SMILES string of the molecule is N#Cc1cscc1-c1ccc(N)c(O)c1. The van der Waals surface area contributed by atoms with Crippen molar-refractivity contribution in [2.75, 3.05) is 5.73 Å². The lowest BCUT2D eigenvalue weighted by Gasteiger charge is -2.02. The molecule has 3 N–H and O–H groups in total. The van der Waals surface area contributed by atoms with Gasteiger partial charge in [-0.05, 0) is 23.1 Å². The van der Waals surface area contributed by atoms with Gasteiger partial charge in [-0.1, -0.05) is 6.07 Å². The lowest BCUT2D eigenvalue weighted by Crippen LogP contribution is -1.86. The fourth-order valence-corrected chi connectivity index (χ4v) is 2.10. The molecule has 15 heavy (non-hydrogen) atoms. The Morgan fingerprint density at radius 2 is 2.13 bits per heavy atom. The number of nitrogen functional groups attached to an aromatic ring is 1. The molecule has 0 aliphatic carbocycles. The third kappa shape index (κ3) is 1.65. The largest absolute Gasteiger partial charge is 0.506 e. The van der Waals surface area contributed by atoms with Crippen molar-refractivity contribution in [1.82, 2.24) is 0 Å². The number of thiophene rings is 1. The summed E-state index contributed by atoms with van der Waals surface area (Å²) in [5.41, 5.74) is 8.09. The van der Waals surface area contributed by atoms with Crippen LogP contribution in [0.15, 0.2) is 29.0 Å². The Bertz CT molecular complexity index is 540. The summed E-state index contributed by atoms with van der Waals surface area (Å²) in [4.78, 5) is 0. The van der Waals surface area contributed by atoms with Crippen molar-refractivity contribution >= 4 is 17.0 Å². The average Bonchev–Trinajstić information content (AvgIpc) is 2.70. The number of nitrogens with two attached hydrogens (primary N) is 1. The summed E-state index contributed by atoms with van der Waals surface area (Å²) >= 11 is 1.46. The van der Waals surface area contributed by atoms with Crippen LogP contribution in [-0.4, -0.2) is 5.11 Å². The van der Waals surface area contributed by atoms with E-state index in [1.54, 1.807) is 23.6 Å². The first-order valence-corrected chi connectivity index (χ1v) is 5.22. The molecule has 0 atom stereocenters. The molecular formula is C11H8N2OS. The molecule has 1 aromatic heterocycles. The van der Waals surface area contributed by atoms with E-state index in [1.165, 1.54) is 11.3 Å². The van der Waals surface area contributed by atoms with Gasteiger partial charge < -0.3 is 10.8 Å². The lowest BCUT2D eigenvalue weighted by molar-refractivity contribution is 0.478. The number of nitrogens with zero attached hydrogens (tertiary/aromatic N) is 1. The second-order valence-corrected chi connectivity index (χ2v) is 3.83. The number of aromatic hydroxyl groups is 1. The third-order valence-electron chi connectivity index (χ3n) is 2.12. The van der Waals surface area contributed by atoms with E-state index < -0.39 is 0 Å². The zero-order valence-corrected chi connectivity index (χ0v) is 8.58. The number of nitriles is 1. The van der Waals surface area contributed by atoms with Crippen LogP contribution in [0.25, 0.3) is 11.1 Å². The topological polar surface area (TPSA) is 70.0 Å². The molecule has 4 heteroatoms. The highest BCUT2D eigenvalue weighted by molar-refractivity contribution is 7.08. The summed E-state index contributed by atoms with van der Waals surface area (Å²) in [6.07, 6.45) is 0. The van der Waals surface area contributed by atoms with Gasteiger partial charge in [0.1, 0.15) is 11.8 Å². The van der Waals surface area contributed by atoms with Crippen LogP contribution in [0.2, 0.25) is 0 Å². The van der Waals surface area contributed by atoms with Crippen LogP contribution in [0.1, 0.15) is 5.56 Å². The Morgan fingerprint density at radius 3 is 2.80 bits per heavy atom. The van der Waals surface area contributed by atoms with E-state index in [0.717, 1.165) is 11.1 Å². The van der Waals surface area contributed by atoms with Crippen molar-refractivity contribution < 1.29 is 5.11 Å². The lowest BCUT2D eigenvalue weighted by atomic mass is 10.0. The molecule has 0 aliphatic rings. The fraction of sp³-hybridized carbons (Fsp3) is 0. The molecule has 0 amide bonds. The first-order valence-electron chi connectivity index (χ1n) is 4.27. The first-order chi connectivity index (χ1) is 7.22. The molecule has 0 spiro atoms. The number of hydrogen-bond acceptors (Lipinski definition) is 4. The number of anilines is 1. The number of phenols is 1. The van der Waals surface area contributed by atoms with Gasteiger partial charge in [0.2, 0.25) is 0 Å². The maximum Gasteiger partial charge on any atom is 0.139 e. The average molecular weight is 216 g/mol. The number of hydrogen-bond donors (Lipinski definition) is 2. The number of benzene rings is 1. The fourth-order valence-electron chi connectivity index (χ4n) is 1.32. The van der Waals surface area contributed by atoms with Gasteiger partial charge >= 0.3 is 0 Å². The van der Waals surface area contributed by atoms with Crippen LogP contribution in [0.3, 0.4) is 0 Å². The summed E-state index contributed by atoms with van der Waals surface area (Å²) in [6.45, 7) is 0. The first kappa shape index (κ1) is 9.56. The Morgan fingerprint density at radius 1 is 1.33 bits per heavy atom. The van der Waals surface area contributed by atoms with Gasteiger partial charge in [0.25, 0.3) is 0 Å². The van der Waals surface area contributed by atoms with Crippen LogP contribution in [0, 0.1) is 11.3 Å². The van der Waals surface area contributed by atoms with Crippen LogP contribution in [0.4, 0.5) is 5.69 Å². The Kier molecular flexibility index (Phi) is 2.32. The second kappa shape index (κ2) is 3.64. The van der Waals surface area contributed by atoms with Crippen LogP contribution >= 0.6 is 11.3 Å². The van der Waals surface area contributed by atoms with E-state index >= 15 is 0 Å². The van der Waals surface area contributed by atoms with Crippen molar-refractivity contribution in [1.29, 1.82) is 5.26 Å². The standard InChI is InChI=1S/C11H8N2OS/c12-4-8-5-15-6-9(8)7-1-2-10(13)11(14)3-7/h1-3,5-6,14H,13H2. The van der Waals surface area contributed by atoms with Gasteiger partial charge in [-0.15, -0.1) is 0 Å². The summed E-state index contributed by atoms with van der Waals surface area (Å²) in [7, 11) is 0. The van der Waals surface area contributed by atoms with Crippen molar-refractivity contribution in [2.45, 2.75) is 0 Å². The van der Waals surface area contributed by atoms with Gasteiger partial charge in [-0.2, -0.15) is 16.6 Å². The van der Waals surface area contributed by atoms with Crippen LogP contribution in [0.5, 0.6) is 5.75 Å². The minimum absolute atomic E-state index is 0.0441. The smallest absolute Gasteiger partial charge is 0.139 e. The molecule has 0 bridgehead atoms. The third-order valence-corrected chi connectivity index (χ3v) is 2.87. The normalized spacial score (nSPS) is 9.80. The molecule has 0 saturated carbocycles. The monoisotopic (exact) mass is 216 g/mol. The van der Waals surface area contributed by atoms with Crippen molar-refractivity contribution in [3.05, 3.63) is 34.5 Å². The molecule has 1 aromatic carbocycles. The van der Waals surface area contributed by atoms with Gasteiger partial charge in [0.15, 0.2) is 0 Å². The Balaban J connectivity index is 2.56. The highest BCUT2D eigenvalue weighted by atomic mass is 32.1. The van der Waals surface area contributed by atoms with E-state index in [2.05, 4.69) is 6.07 Å². The molecule has 1 heterocycles.